The van der Waals surface area contributed by atoms with Gasteiger partial charge in [0.2, 0.25) is 0 Å². The van der Waals surface area contributed by atoms with Crippen molar-refractivity contribution >= 4 is 5.97 Å². The fourth-order valence-corrected chi connectivity index (χ4v) is 2.94. The highest BCUT2D eigenvalue weighted by Crippen LogP contribution is 2.29. The highest BCUT2D eigenvalue weighted by Gasteiger charge is 2.25. The maximum atomic E-state index is 12.2. The van der Waals surface area contributed by atoms with E-state index < -0.39 is 0 Å². The van der Waals surface area contributed by atoms with E-state index in [1.165, 1.54) is 12.0 Å². The van der Waals surface area contributed by atoms with Crippen molar-refractivity contribution in [3.8, 4) is 5.75 Å². The van der Waals surface area contributed by atoms with Gasteiger partial charge in [0.1, 0.15) is 5.75 Å². The summed E-state index contributed by atoms with van der Waals surface area (Å²) in [4.78, 5) is 12.2. The molecule has 0 radical (unpaired) electrons. The van der Waals surface area contributed by atoms with Crippen LogP contribution in [0.15, 0.2) is 24.3 Å². The quantitative estimate of drug-likeness (QED) is 0.562. The molecule has 1 aliphatic rings. The van der Waals surface area contributed by atoms with E-state index >= 15 is 0 Å². The van der Waals surface area contributed by atoms with Gasteiger partial charge in [-0.2, -0.15) is 0 Å². The number of carbonyl (C=O) groups excluding carboxylic acids is 1. The van der Waals surface area contributed by atoms with Crippen LogP contribution in [0.5, 0.6) is 5.75 Å². The molecule has 0 aromatic heterocycles. The average molecular weight is 288 g/mol. The molecule has 2 heteroatoms. The zero-order valence-electron chi connectivity index (χ0n) is 13.6. The van der Waals surface area contributed by atoms with Gasteiger partial charge in [-0.15, -0.1) is 0 Å². The molecule has 2 rings (SSSR count). The van der Waals surface area contributed by atoms with E-state index in [0.29, 0.717) is 11.7 Å². The molecule has 1 aliphatic carbocycles. The summed E-state index contributed by atoms with van der Waals surface area (Å²) in [6.45, 7) is 6.74. The van der Waals surface area contributed by atoms with Gasteiger partial charge in [-0.05, 0) is 61.6 Å². The van der Waals surface area contributed by atoms with Crippen molar-refractivity contribution in [3.05, 3.63) is 29.8 Å². The van der Waals surface area contributed by atoms with Crippen molar-refractivity contribution in [1.82, 2.24) is 0 Å². The second-order valence-electron chi connectivity index (χ2n) is 6.74. The van der Waals surface area contributed by atoms with Crippen LogP contribution in [0, 0.1) is 17.8 Å². The first-order valence-electron chi connectivity index (χ1n) is 8.39. The Morgan fingerprint density at radius 2 is 1.81 bits per heavy atom. The number of benzene rings is 1. The Balaban J connectivity index is 1.86. The minimum absolute atomic E-state index is 0.0448. The molecule has 0 amide bonds. The third-order valence-corrected chi connectivity index (χ3v) is 4.77. The molecule has 0 N–H and O–H groups in total. The van der Waals surface area contributed by atoms with Crippen molar-refractivity contribution in [2.24, 2.45) is 17.8 Å². The fraction of sp³-hybridized carbons (Fsp3) is 0.632. The van der Waals surface area contributed by atoms with Crippen LogP contribution in [0.2, 0.25) is 0 Å². The van der Waals surface area contributed by atoms with Crippen molar-refractivity contribution in [2.75, 3.05) is 0 Å². The van der Waals surface area contributed by atoms with Crippen LogP contribution >= 0.6 is 0 Å². The average Bonchev–Trinajstić information content (AvgIpc) is 2.49. The maximum absolute atomic E-state index is 12.2. The largest absolute Gasteiger partial charge is 0.426 e. The number of hydrogen-bond donors (Lipinski definition) is 0. The molecule has 0 bridgehead atoms. The minimum Gasteiger partial charge on any atom is -0.426 e. The number of hydrogen-bond acceptors (Lipinski definition) is 2. The van der Waals surface area contributed by atoms with Gasteiger partial charge in [-0.25, -0.2) is 0 Å². The molecule has 1 aromatic rings. The van der Waals surface area contributed by atoms with Crippen molar-refractivity contribution in [2.45, 2.75) is 59.3 Å². The van der Waals surface area contributed by atoms with Crippen LogP contribution in [0.3, 0.4) is 0 Å². The molecule has 1 aromatic carbocycles. The molecule has 1 atom stereocenters. The second kappa shape index (κ2) is 7.63. The molecule has 2 nitrogen and oxygen atoms in total. The monoisotopic (exact) mass is 288 g/mol. The van der Waals surface area contributed by atoms with Crippen molar-refractivity contribution in [1.29, 1.82) is 0 Å². The van der Waals surface area contributed by atoms with E-state index in [1.807, 2.05) is 12.1 Å². The highest BCUT2D eigenvalue weighted by atomic mass is 16.5. The number of esters is 1. The van der Waals surface area contributed by atoms with E-state index in [4.69, 9.17) is 4.74 Å². The topological polar surface area (TPSA) is 26.3 Å². The minimum atomic E-state index is -0.0448. The summed E-state index contributed by atoms with van der Waals surface area (Å²) >= 11 is 0. The summed E-state index contributed by atoms with van der Waals surface area (Å²) in [7, 11) is 0. The van der Waals surface area contributed by atoms with Crippen molar-refractivity contribution < 1.29 is 9.53 Å². The first-order valence-corrected chi connectivity index (χ1v) is 8.39. The molecule has 0 heterocycles. The third-order valence-electron chi connectivity index (χ3n) is 4.77. The Morgan fingerprint density at radius 1 is 1.19 bits per heavy atom. The third kappa shape index (κ3) is 4.87. The molecule has 0 spiro atoms. The lowest BCUT2D eigenvalue weighted by molar-refractivity contribution is -0.140. The van der Waals surface area contributed by atoms with Gasteiger partial charge in [0.15, 0.2) is 0 Å². The summed E-state index contributed by atoms with van der Waals surface area (Å²) in [5.74, 6) is 2.20. The SMILES string of the molecule is CCC(C)Cc1ccc(OC(=O)C2CCC(C)CC2)cc1. The van der Waals surface area contributed by atoms with Gasteiger partial charge in [0, 0.05) is 0 Å². The molecule has 1 saturated carbocycles. The molecular weight excluding hydrogens is 260 g/mol. The lowest BCUT2D eigenvalue weighted by Crippen LogP contribution is -2.24. The predicted molar refractivity (Wildman–Crippen MR) is 86.4 cm³/mol. The van der Waals surface area contributed by atoms with E-state index in [1.54, 1.807) is 0 Å². The lowest BCUT2D eigenvalue weighted by Gasteiger charge is -2.24. The number of carbonyl (C=O) groups is 1. The first kappa shape index (κ1) is 16.1. The van der Waals surface area contributed by atoms with Crippen LogP contribution in [0.1, 0.15) is 58.4 Å². The van der Waals surface area contributed by atoms with Gasteiger partial charge in [0.05, 0.1) is 5.92 Å². The van der Waals surface area contributed by atoms with Gasteiger partial charge < -0.3 is 4.74 Å². The van der Waals surface area contributed by atoms with E-state index in [2.05, 4.69) is 32.9 Å². The fourth-order valence-electron chi connectivity index (χ4n) is 2.94. The molecule has 116 valence electrons. The van der Waals surface area contributed by atoms with Gasteiger partial charge >= 0.3 is 5.97 Å². The van der Waals surface area contributed by atoms with Crippen LogP contribution in [-0.2, 0) is 11.2 Å². The Morgan fingerprint density at radius 3 is 2.38 bits per heavy atom. The standard InChI is InChI=1S/C19H28O2/c1-4-14(2)13-16-7-11-18(12-8-16)21-19(20)17-9-5-15(3)6-10-17/h7-8,11-12,14-15,17H,4-6,9-10,13H2,1-3H3. The summed E-state index contributed by atoms with van der Waals surface area (Å²) in [6, 6.07) is 8.03. The van der Waals surface area contributed by atoms with E-state index in [0.717, 1.165) is 38.0 Å². The van der Waals surface area contributed by atoms with E-state index in [9.17, 15) is 4.79 Å². The molecular formula is C19H28O2. The van der Waals surface area contributed by atoms with Gasteiger partial charge in [-0.3, -0.25) is 4.79 Å². The summed E-state index contributed by atoms with van der Waals surface area (Å²) in [5, 5.41) is 0. The Bertz CT molecular complexity index is 441. The van der Waals surface area contributed by atoms with Crippen LogP contribution in [0.4, 0.5) is 0 Å². The van der Waals surface area contributed by atoms with Gasteiger partial charge in [-0.1, -0.05) is 39.3 Å². The highest BCUT2D eigenvalue weighted by molar-refractivity contribution is 5.75. The van der Waals surface area contributed by atoms with Crippen LogP contribution in [-0.4, -0.2) is 5.97 Å². The molecule has 21 heavy (non-hydrogen) atoms. The summed E-state index contributed by atoms with van der Waals surface area (Å²) in [6.07, 6.45) is 6.53. The maximum Gasteiger partial charge on any atom is 0.314 e. The van der Waals surface area contributed by atoms with Gasteiger partial charge in [0.25, 0.3) is 0 Å². The number of rotatable bonds is 5. The zero-order valence-corrected chi connectivity index (χ0v) is 13.6. The van der Waals surface area contributed by atoms with Crippen molar-refractivity contribution in [3.63, 3.8) is 0 Å². The summed E-state index contributed by atoms with van der Waals surface area (Å²) < 4.78 is 5.54. The zero-order chi connectivity index (χ0) is 15.2. The van der Waals surface area contributed by atoms with Crippen LogP contribution < -0.4 is 4.74 Å². The molecule has 0 saturated heterocycles. The summed E-state index contributed by atoms with van der Waals surface area (Å²) in [5.41, 5.74) is 1.32. The predicted octanol–water partition coefficient (Wildman–Crippen LogP) is 5.01. The molecule has 1 unspecified atom stereocenters. The van der Waals surface area contributed by atoms with Crippen LogP contribution in [0.25, 0.3) is 0 Å². The smallest absolute Gasteiger partial charge is 0.314 e. The number of ether oxygens (including phenoxy) is 1. The lowest BCUT2D eigenvalue weighted by atomic mass is 9.83. The first-order chi connectivity index (χ1) is 10.1. The normalized spacial score (nSPS) is 23.6. The molecule has 1 fully saturated rings. The second-order valence-corrected chi connectivity index (χ2v) is 6.74. The van der Waals surface area contributed by atoms with E-state index in [-0.39, 0.29) is 11.9 Å². The Kier molecular flexibility index (Phi) is 5.84. The Hall–Kier alpha value is -1.31. The Labute approximate surface area is 128 Å². The molecule has 0 aliphatic heterocycles.